The molecule has 1 aliphatic carbocycles. The Bertz CT molecular complexity index is 1000. The van der Waals surface area contributed by atoms with Crippen LogP contribution in [0, 0.1) is 5.41 Å². The van der Waals surface area contributed by atoms with Gasteiger partial charge in [0, 0.05) is 22.6 Å². The number of nitrogens with one attached hydrogen (secondary N) is 1. The van der Waals surface area contributed by atoms with Crippen LogP contribution >= 0.6 is 23.5 Å². The monoisotopic (exact) mass is 428 g/mol. The van der Waals surface area contributed by atoms with E-state index in [9.17, 15) is 4.79 Å². The number of nitrogens with zero attached hydrogens (tertiary/aromatic N) is 3. The predicted molar refractivity (Wildman–Crippen MR) is 114 cm³/mol. The standard InChI is InChI=1S/C21H21ClN4O2S/c1-2-21(11-12-21)14-28-18-10-13-26(24-18)17-9-8-16(19(22)23-17)20(27)25-29-15-6-4-3-5-7-15/h3-10,13H,2,11-12,14H2,1H3,(H,25,27). The van der Waals surface area contributed by atoms with E-state index >= 15 is 0 Å². The normalized spacial score (nSPS) is 14.4. The Morgan fingerprint density at radius 2 is 2.03 bits per heavy atom. The molecule has 0 radical (unpaired) electrons. The maximum absolute atomic E-state index is 12.4. The zero-order chi connectivity index (χ0) is 20.3. The van der Waals surface area contributed by atoms with Crippen LogP contribution in [-0.4, -0.2) is 27.3 Å². The summed E-state index contributed by atoms with van der Waals surface area (Å²) in [7, 11) is 0. The molecule has 1 N–H and O–H groups in total. The van der Waals surface area contributed by atoms with E-state index in [1.807, 2.05) is 30.3 Å². The lowest BCUT2D eigenvalue weighted by Gasteiger charge is -2.11. The fourth-order valence-electron chi connectivity index (χ4n) is 2.89. The van der Waals surface area contributed by atoms with Gasteiger partial charge in [-0.2, -0.15) is 0 Å². The maximum Gasteiger partial charge on any atom is 0.264 e. The highest BCUT2D eigenvalue weighted by Gasteiger charge is 2.41. The second-order valence-corrected chi connectivity index (χ2v) is 8.33. The van der Waals surface area contributed by atoms with E-state index in [4.69, 9.17) is 16.3 Å². The number of carbonyl (C=O) groups is 1. The number of benzene rings is 1. The van der Waals surface area contributed by atoms with Crippen LogP contribution in [0.15, 0.2) is 59.6 Å². The first kappa shape index (κ1) is 19.8. The SMILES string of the molecule is CCC1(COc2ccn(-c3ccc(C(=O)NSc4ccccc4)c(Cl)n3)n2)CC1. The molecular weight excluding hydrogens is 408 g/mol. The van der Waals surface area contributed by atoms with E-state index in [2.05, 4.69) is 21.7 Å². The van der Waals surface area contributed by atoms with Gasteiger partial charge < -0.3 is 4.74 Å². The van der Waals surface area contributed by atoms with Crippen molar-refractivity contribution in [3.8, 4) is 11.7 Å². The number of hydrogen-bond acceptors (Lipinski definition) is 5. The van der Waals surface area contributed by atoms with Gasteiger partial charge in [0.05, 0.1) is 12.2 Å². The van der Waals surface area contributed by atoms with Crippen molar-refractivity contribution in [1.82, 2.24) is 19.5 Å². The summed E-state index contributed by atoms with van der Waals surface area (Å²) in [6, 6.07) is 14.7. The van der Waals surface area contributed by atoms with E-state index in [0.717, 1.165) is 11.3 Å². The quantitative estimate of drug-likeness (QED) is 0.407. The van der Waals surface area contributed by atoms with Gasteiger partial charge in [0.15, 0.2) is 5.82 Å². The summed E-state index contributed by atoms with van der Waals surface area (Å²) in [4.78, 5) is 17.6. The molecule has 3 aromatic rings. The Labute approximate surface area is 178 Å². The second-order valence-electron chi connectivity index (χ2n) is 7.09. The zero-order valence-electron chi connectivity index (χ0n) is 16.0. The molecule has 1 aromatic carbocycles. The third kappa shape index (κ3) is 4.74. The van der Waals surface area contributed by atoms with Crippen LogP contribution in [0.25, 0.3) is 5.82 Å². The van der Waals surface area contributed by atoms with Crippen LogP contribution in [0.3, 0.4) is 0 Å². The lowest BCUT2D eigenvalue weighted by molar-refractivity contribution is 0.0984. The first-order valence-corrected chi connectivity index (χ1v) is 10.7. The summed E-state index contributed by atoms with van der Waals surface area (Å²) in [5.41, 5.74) is 0.638. The summed E-state index contributed by atoms with van der Waals surface area (Å²) in [6.45, 7) is 2.88. The zero-order valence-corrected chi connectivity index (χ0v) is 17.5. The van der Waals surface area contributed by atoms with Crippen molar-refractivity contribution in [3.63, 3.8) is 0 Å². The molecule has 2 heterocycles. The summed E-state index contributed by atoms with van der Waals surface area (Å²) in [5.74, 6) is 0.777. The number of pyridine rings is 1. The largest absolute Gasteiger partial charge is 0.476 e. The molecular formula is C21H21ClN4O2S. The van der Waals surface area contributed by atoms with Crippen molar-refractivity contribution in [2.24, 2.45) is 5.41 Å². The molecule has 0 spiro atoms. The van der Waals surface area contributed by atoms with Gasteiger partial charge in [-0.3, -0.25) is 9.52 Å². The van der Waals surface area contributed by atoms with Crippen molar-refractivity contribution in [2.75, 3.05) is 6.61 Å². The number of amides is 1. The number of rotatable bonds is 8. The fourth-order valence-corrected chi connectivity index (χ4v) is 3.74. The van der Waals surface area contributed by atoms with Crippen LogP contribution in [0.5, 0.6) is 5.88 Å². The molecule has 29 heavy (non-hydrogen) atoms. The third-order valence-electron chi connectivity index (χ3n) is 5.12. The highest BCUT2D eigenvalue weighted by molar-refractivity contribution is 7.98. The molecule has 0 unspecified atom stereocenters. The van der Waals surface area contributed by atoms with Crippen LogP contribution in [0.1, 0.15) is 36.5 Å². The van der Waals surface area contributed by atoms with Crippen molar-refractivity contribution in [3.05, 3.63) is 65.4 Å². The summed E-state index contributed by atoms with van der Waals surface area (Å²) in [6.07, 6.45) is 5.32. The van der Waals surface area contributed by atoms with E-state index in [1.165, 1.54) is 24.8 Å². The van der Waals surface area contributed by atoms with Gasteiger partial charge in [0.1, 0.15) is 5.15 Å². The molecule has 1 fully saturated rings. The third-order valence-corrected chi connectivity index (χ3v) is 6.20. The molecule has 6 nitrogen and oxygen atoms in total. The first-order chi connectivity index (χ1) is 14.1. The smallest absolute Gasteiger partial charge is 0.264 e. The molecule has 2 aromatic heterocycles. The van der Waals surface area contributed by atoms with Gasteiger partial charge in [-0.15, -0.1) is 5.10 Å². The van der Waals surface area contributed by atoms with Gasteiger partial charge in [-0.25, -0.2) is 9.67 Å². The number of carbonyl (C=O) groups excluding carboxylic acids is 1. The van der Waals surface area contributed by atoms with E-state index in [1.54, 1.807) is 29.1 Å². The molecule has 1 saturated carbocycles. The molecule has 0 saturated heterocycles. The highest BCUT2D eigenvalue weighted by Crippen LogP contribution is 2.48. The lowest BCUT2D eigenvalue weighted by atomic mass is 10.1. The average molecular weight is 429 g/mol. The molecule has 4 rings (SSSR count). The van der Waals surface area contributed by atoms with Gasteiger partial charge in [0.25, 0.3) is 5.91 Å². The molecule has 150 valence electrons. The highest BCUT2D eigenvalue weighted by atomic mass is 35.5. The van der Waals surface area contributed by atoms with Gasteiger partial charge >= 0.3 is 0 Å². The molecule has 1 aliphatic rings. The van der Waals surface area contributed by atoms with E-state index < -0.39 is 0 Å². The second kappa shape index (κ2) is 8.47. The van der Waals surface area contributed by atoms with Crippen molar-refractivity contribution < 1.29 is 9.53 Å². The Hall–Kier alpha value is -2.51. The van der Waals surface area contributed by atoms with Gasteiger partial charge in [0.2, 0.25) is 5.88 Å². The fraction of sp³-hybridized carbons (Fsp3) is 0.286. The Kier molecular flexibility index (Phi) is 5.78. The molecule has 0 aliphatic heterocycles. The number of halogens is 1. The summed E-state index contributed by atoms with van der Waals surface area (Å²) >= 11 is 7.49. The predicted octanol–water partition coefficient (Wildman–Crippen LogP) is 4.93. The van der Waals surface area contributed by atoms with Gasteiger partial charge in [-0.1, -0.05) is 36.7 Å². The number of hydrogen-bond donors (Lipinski definition) is 1. The molecule has 0 atom stereocenters. The Morgan fingerprint density at radius 1 is 1.24 bits per heavy atom. The summed E-state index contributed by atoms with van der Waals surface area (Å²) in [5, 5.41) is 4.53. The minimum atomic E-state index is -0.304. The van der Waals surface area contributed by atoms with Crippen molar-refractivity contribution in [2.45, 2.75) is 31.1 Å². The van der Waals surface area contributed by atoms with Crippen LogP contribution in [0.4, 0.5) is 0 Å². The van der Waals surface area contributed by atoms with Crippen LogP contribution in [-0.2, 0) is 0 Å². The summed E-state index contributed by atoms with van der Waals surface area (Å²) < 4.78 is 10.2. The average Bonchev–Trinajstić information content (AvgIpc) is 3.38. The van der Waals surface area contributed by atoms with E-state index in [0.29, 0.717) is 29.3 Å². The first-order valence-electron chi connectivity index (χ1n) is 9.46. The molecule has 0 bridgehead atoms. The van der Waals surface area contributed by atoms with E-state index in [-0.39, 0.29) is 11.1 Å². The maximum atomic E-state index is 12.4. The van der Waals surface area contributed by atoms with Crippen LogP contribution in [0.2, 0.25) is 5.15 Å². The molecule has 8 heteroatoms. The van der Waals surface area contributed by atoms with Crippen LogP contribution < -0.4 is 9.46 Å². The van der Waals surface area contributed by atoms with Crippen molar-refractivity contribution in [1.29, 1.82) is 0 Å². The number of ether oxygens (including phenoxy) is 1. The lowest BCUT2D eigenvalue weighted by Crippen LogP contribution is -2.17. The Balaban J connectivity index is 1.40. The topological polar surface area (TPSA) is 69.0 Å². The minimum absolute atomic E-state index is 0.120. The number of aromatic nitrogens is 3. The molecule has 1 amide bonds. The minimum Gasteiger partial charge on any atom is -0.476 e. The Morgan fingerprint density at radius 3 is 2.72 bits per heavy atom. The van der Waals surface area contributed by atoms with Crippen molar-refractivity contribution >= 4 is 29.5 Å². The van der Waals surface area contributed by atoms with Gasteiger partial charge in [-0.05, 0) is 55.5 Å².